The van der Waals surface area contributed by atoms with E-state index in [0.29, 0.717) is 30.4 Å². The second kappa shape index (κ2) is 9.54. The maximum Gasteiger partial charge on any atom is 0.264 e. The molecule has 0 spiro atoms. The molecule has 0 saturated carbocycles. The lowest BCUT2D eigenvalue weighted by Gasteiger charge is -2.27. The molecule has 1 aliphatic heterocycles. The van der Waals surface area contributed by atoms with Gasteiger partial charge in [-0.15, -0.1) is 0 Å². The smallest absolute Gasteiger partial charge is 0.264 e. The average Bonchev–Trinajstić information content (AvgIpc) is 2.83. The molecule has 172 valence electrons. The van der Waals surface area contributed by atoms with Gasteiger partial charge in [-0.2, -0.15) is 0 Å². The van der Waals surface area contributed by atoms with E-state index in [-0.39, 0.29) is 17.5 Å². The summed E-state index contributed by atoms with van der Waals surface area (Å²) in [6.07, 6.45) is 0. The lowest BCUT2D eigenvalue weighted by atomic mass is 10.1. The predicted molar refractivity (Wildman–Crippen MR) is 126 cm³/mol. The fourth-order valence-corrected chi connectivity index (χ4v) is 5.01. The van der Waals surface area contributed by atoms with Gasteiger partial charge in [0.05, 0.1) is 16.6 Å². The summed E-state index contributed by atoms with van der Waals surface area (Å²) in [4.78, 5) is 13.1. The van der Waals surface area contributed by atoms with Crippen LogP contribution in [-0.4, -0.2) is 34.1 Å². The van der Waals surface area contributed by atoms with Gasteiger partial charge in [0.1, 0.15) is 19.8 Å². The van der Waals surface area contributed by atoms with Crippen molar-refractivity contribution >= 4 is 21.6 Å². The molecule has 1 amide bonds. The van der Waals surface area contributed by atoms with Crippen LogP contribution in [0.5, 0.6) is 11.5 Å². The SMILES string of the molecule is Cc1ccc(C(C)NC(=O)CN(c2ccc3c(c2)OCCO3)S(=O)(=O)c2ccccc2)cc1. The van der Waals surface area contributed by atoms with Crippen molar-refractivity contribution in [3.63, 3.8) is 0 Å². The van der Waals surface area contributed by atoms with Crippen molar-refractivity contribution in [3.05, 3.63) is 83.9 Å². The minimum Gasteiger partial charge on any atom is -0.486 e. The van der Waals surface area contributed by atoms with Gasteiger partial charge < -0.3 is 14.8 Å². The number of benzene rings is 3. The van der Waals surface area contributed by atoms with E-state index in [0.717, 1.165) is 15.4 Å². The Bertz CT molecular complexity index is 1230. The Morgan fingerprint density at radius 2 is 1.64 bits per heavy atom. The molecular formula is C25H26N2O5S. The number of ether oxygens (including phenoxy) is 2. The molecule has 33 heavy (non-hydrogen) atoms. The highest BCUT2D eigenvalue weighted by molar-refractivity contribution is 7.92. The third-order valence-electron chi connectivity index (χ3n) is 5.39. The number of anilines is 1. The molecule has 4 rings (SSSR count). The number of hydrogen-bond donors (Lipinski definition) is 1. The Balaban J connectivity index is 1.63. The standard InChI is InChI=1S/C25H26N2O5S/c1-18-8-10-20(11-9-18)19(2)26-25(28)17-27(33(29,30)22-6-4-3-5-7-22)21-12-13-23-24(16-21)32-15-14-31-23/h3-13,16,19H,14-15,17H2,1-2H3,(H,26,28). The molecule has 0 fully saturated rings. The Morgan fingerprint density at radius 1 is 0.970 bits per heavy atom. The Kier molecular flexibility index (Phi) is 6.55. The summed E-state index contributed by atoms with van der Waals surface area (Å²) in [6, 6.07) is 20.5. The minimum absolute atomic E-state index is 0.0965. The van der Waals surface area contributed by atoms with Gasteiger partial charge in [0.25, 0.3) is 10.0 Å². The fourth-order valence-electron chi connectivity index (χ4n) is 3.58. The zero-order chi connectivity index (χ0) is 23.4. The summed E-state index contributed by atoms with van der Waals surface area (Å²) in [5.74, 6) is 0.567. The molecule has 3 aromatic carbocycles. The van der Waals surface area contributed by atoms with Crippen molar-refractivity contribution in [2.75, 3.05) is 24.1 Å². The van der Waals surface area contributed by atoms with Crippen LogP contribution in [0.15, 0.2) is 77.7 Å². The number of carbonyl (C=O) groups excluding carboxylic acids is 1. The van der Waals surface area contributed by atoms with Crippen LogP contribution >= 0.6 is 0 Å². The fraction of sp³-hybridized carbons (Fsp3) is 0.240. The van der Waals surface area contributed by atoms with Crippen molar-refractivity contribution in [1.29, 1.82) is 0 Å². The van der Waals surface area contributed by atoms with Crippen molar-refractivity contribution in [2.24, 2.45) is 0 Å². The summed E-state index contributed by atoms with van der Waals surface area (Å²) in [7, 11) is -4.01. The average molecular weight is 467 g/mol. The zero-order valence-corrected chi connectivity index (χ0v) is 19.3. The molecule has 1 aliphatic rings. The highest BCUT2D eigenvalue weighted by Crippen LogP contribution is 2.35. The molecule has 1 unspecified atom stereocenters. The first-order valence-corrected chi connectivity index (χ1v) is 12.1. The molecular weight excluding hydrogens is 440 g/mol. The maximum absolute atomic E-state index is 13.5. The Morgan fingerprint density at radius 3 is 2.33 bits per heavy atom. The van der Waals surface area contributed by atoms with E-state index in [9.17, 15) is 13.2 Å². The number of nitrogens with one attached hydrogen (secondary N) is 1. The van der Waals surface area contributed by atoms with Gasteiger partial charge in [0.15, 0.2) is 11.5 Å². The third-order valence-corrected chi connectivity index (χ3v) is 7.18. The van der Waals surface area contributed by atoms with Crippen LogP contribution < -0.4 is 19.1 Å². The number of hydrogen-bond acceptors (Lipinski definition) is 5. The highest BCUT2D eigenvalue weighted by atomic mass is 32.2. The number of rotatable bonds is 7. The van der Waals surface area contributed by atoms with E-state index in [2.05, 4.69) is 5.32 Å². The van der Waals surface area contributed by atoms with Crippen molar-refractivity contribution in [1.82, 2.24) is 5.32 Å². The number of nitrogens with zero attached hydrogens (tertiary/aromatic N) is 1. The van der Waals surface area contributed by atoms with Gasteiger partial charge >= 0.3 is 0 Å². The molecule has 0 saturated heterocycles. The van der Waals surface area contributed by atoms with Crippen molar-refractivity contribution < 1.29 is 22.7 Å². The normalized spacial score (nSPS) is 13.8. The lowest BCUT2D eigenvalue weighted by Crippen LogP contribution is -2.41. The van der Waals surface area contributed by atoms with Gasteiger partial charge in [-0.3, -0.25) is 9.10 Å². The Labute approximate surface area is 194 Å². The molecule has 0 aromatic heterocycles. The van der Waals surface area contributed by atoms with Gasteiger partial charge in [0.2, 0.25) is 5.91 Å². The quantitative estimate of drug-likeness (QED) is 0.572. The molecule has 0 radical (unpaired) electrons. The summed E-state index contributed by atoms with van der Waals surface area (Å²) >= 11 is 0. The topological polar surface area (TPSA) is 84.9 Å². The summed E-state index contributed by atoms with van der Waals surface area (Å²) in [5.41, 5.74) is 2.38. The van der Waals surface area contributed by atoms with Crippen LogP contribution in [0.4, 0.5) is 5.69 Å². The molecule has 1 heterocycles. The first kappa shape index (κ1) is 22.7. The third kappa shape index (κ3) is 5.12. The van der Waals surface area contributed by atoms with Gasteiger partial charge in [-0.05, 0) is 43.7 Å². The van der Waals surface area contributed by atoms with Crippen molar-refractivity contribution in [3.8, 4) is 11.5 Å². The summed E-state index contributed by atoms with van der Waals surface area (Å²) in [5, 5.41) is 2.90. The lowest BCUT2D eigenvalue weighted by molar-refractivity contribution is -0.120. The predicted octanol–water partition coefficient (Wildman–Crippen LogP) is 3.84. The first-order chi connectivity index (χ1) is 15.8. The van der Waals surface area contributed by atoms with Gasteiger partial charge in [0, 0.05) is 6.07 Å². The second-order valence-electron chi connectivity index (χ2n) is 7.85. The van der Waals surface area contributed by atoms with E-state index in [1.54, 1.807) is 36.4 Å². The van der Waals surface area contributed by atoms with Crippen LogP contribution in [0.1, 0.15) is 24.1 Å². The monoisotopic (exact) mass is 466 g/mol. The van der Waals surface area contributed by atoms with E-state index in [4.69, 9.17) is 9.47 Å². The highest BCUT2D eigenvalue weighted by Gasteiger charge is 2.29. The minimum atomic E-state index is -4.01. The molecule has 0 bridgehead atoms. The van der Waals surface area contributed by atoms with E-state index >= 15 is 0 Å². The van der Waals surface area contributed by atoms with Crippen molar-refractivity contribution in [2.45, 2.75) is 24.8 Å². The molecule has 0 aliphatic carbocycles. The van der Waals surface area contributed by atoms with E-state index in [1.165, 1.54) is 12.1 Å². The molecule has 8 heteroatoms. The number of fused-ring (bicyclic) bond motifs is 1. The van der Waals surface area contributed by atoms with Gasteiger partial charge in [-0.25, -0.2) is 8.42 Å². The van der Waals surface area contributed by atoms with E-state index in [1.807, 2.05) is 38.1 Å². The molecule has 7 nitrogen and oxygen atoms in total. The van der Waals surface area contributed by atoms with Crippen LogP contribution in [0, 0.1) is 6.92 Å². The van der Waals surface area contributed by atoms with Crippen LogP contribution in [0.25, 0.3) is 0 Å². The molecule has 1 atom stereocenters. The van der Waals surface area contributed by atoms with E-state index < -0.39 is 15.9 Å². The summed E-state index contributed by atoms with van der Waals surface area (Å²) in [6.45, 7) is 4.27. The summed E-state index contributed by atoms with van der Waals surface area (Å²) < 4.78 is 39.3. The molecule has 3 aromatic rings. The van der Waals surface area contributed by atoms with Gasteiger partial charge in [-0.1, -0.05) is 48.0 Å². The maximum atomic E-state index is 13.5. The van der Waals surface area contributed by atoms with Crippen LogP contribution in [0.2, 0.25) is 0 Å². The number of carbonyl (C=O) groups is 1. The zero-order valence-electron chi connectivity index (χ0n) is 18.5. The first-order valence-electron chi connectivity index (χ1n) is 10.7. The number of amides is 1. The number of aryl methyl sites for hydroxylation is 1. The second-order valence-corrected chi connectivity index (χ2v) is 9.71. The Hall–Kier alpha value is -3.52. The van der Waals surface area contributed by atoms with Crippen LogP contribution in [-0.2, 0) is 14.8 Å². The number of sulfonamides is 1. The largest absolute Gasteiger partial charge is 0.486 e. The van der Waals surface area contributed by atoms with Crippen LogP contribution in [0.3, 0.4) is 0 Å². The molecule has 1 N–H and O–H groups in total.